The Balaban J connectivity index is 2.13. The molecule has 1 aromatic rings. The summed E-state index contributed by atoms with van der Waals surface area (Å²) in [5.74, 6) is 0. The van der Waals surface area contributed by atoms with Crippen LogP contribution in [-0.2, 0) is 6.42 Å². The largest absolute Gasteiger partial charge is 0.314 e. The van der Waals surface area contributed by atoms with Crippen LogP contribution >= 0.6 is 0 Å². The number of nitrogens with one attached hydrogen (secondary N) is 1. The summed E-state index contributed by atoms with van der Waals surface area (Å²) in [5, 5.41) is 3.45. The van der Waals surface area contributed by atoms with Crippen LogP contribution in [0.4, 0.5) is 0 Å². The van der Waals surface area contributed by atoms with Crippen LogP contribution in [0.3, 0.4) is 0 Å². The first kappa shape index (κ1) is 10.7. The van der Waals surface area contributed by atoms with Crippen LogP contribution in [0.2, 0.25) is 0 Å². The van der Waals surface area contributed by atoms with Crippen LogP contribution in [0, 0.1) is 0 Å². The fourth-order valence-corrected chi connectivity index (χ4v) is 2.15. The van der Waals surface area contributed by atoms with Crippen molar-refractivity contribution in [3.63, 3.8) is 0 Å². The maximum atomic E-state index is 3.45. The topological polar surface area (TPSA) is 15.3 Å². The summed E-state index contributed by atoms with van der Waals surface area (Å²) in [6.45, 7) is 5.52. The Morgan fingerprint density at radius 2 is 2.07 bits per heavy atom. The lowest BCUT2D eigenvalue weighted by Gasteiger charge is -2.33. The van der Waals surface area contributed by atoms with Crippen LogP contribution < -0.4 is 5.32 Å². The van der Waals surface area contributed by atoms with Crippen molar-refractivity contribution >= 4 is 0 Å². The predicted molar refractivity (Wildman–Crippen MR) is 64.1 cm³/mol. The molecule has 2 heteroatoms. The average molecular weight is 204 g/mol. The number of benzene rings is 1. The maximum absolute atomic E-state index is 3.45. The Bertz CT molecular complexity index is 305. The number of aryl methyl sites for hydroxylation is 1. The summed E-state index contributed by atoms with van der Waals surface area (Å²) in [4.78, 5) is 2.43. The lowest BCUT2D eigenvalue weighted by Crippen LogP contribution is -2.43. The number of nitrogens with zero attached hydrogens (tertiary/aromatic N) is 1. The average Bonchev–Trinajstić information content (AvgIpc) is 2.30. The summed E-state index contributed by atoms with van der Waals surface area (Å²) < 4.78 is 0. The smallest absolute Gasteiger partial charge is 0.0470 e. The van der Waals surface area contributed by atoms with Gasteiger partial charge in [0.05, 0.1) is 0 Å². The number of piperazine rings is 1. The van der Waals surface area contributed by atoms with Crippen LogP contribution in [0.25, 0.3) is 0 Å². The zero-order chi connectivity index (χ0) is 10.7. The molecule has 0 bridgehead atoms. The highest BCUT2D eigenvalue weighted by molar-refractivity contribution is 5.25. The van der Waals surface area contributed by atoms with Crippen molar-refractivity contribution in [2.45, 2.75) is 19.4 Å². The van der Waals surface area contributed by atoms with Gasteiger partial charge in [0, 0.05) is 25.7 Å². The van der Waals surface area contributed by atoms with Crippen molar-refractivity contribution in [1.82, 2.24) is 10.2 Å². The lowest BCUT2D eigenvalue weighted by atomic mass is 10.0. The van der Waals surface area contributed by atoms with Gasteiger partial charge in [0.1, 0.15) is 0 Å². The van der Waals surface area contributed by atoms with Gasteiger partial charge >= 0.3 is 0 Å². The summed E-state index contributed by atoms with van der Waals surface area (Å²) >= 11 is 0. The fraction of sp³-hybridized carbons (Fsp3) is 0.538. The molecule has 2 nitrogen and oxygen atoms in total. The molecular weight excluding hydrogens is 184 g/mol. The zero-order valence-electron chi connectivity index (χ0n) is 9.66. The van der Waals surface area contributed by atoms with Gasteiger partial charge in [0.15, 0.2) is 0 Å². The second-order valence-electron chi connectivity index (χ2n) is 4.30. The van der Waals surface area contributed by atoms with Gasteiger partial charge in [-0.1, -0.05) is 31.2 Å². The second-order valence-corrected chi connectivity index (χ2v) is 4.30. The molecule has 15 heavy (non-hydrogen) atoms. The van der Waals surface area contributed by atoms with Gasteiger partial charge in [-0.25, -0.2) is 0 Å². The highest BCUT2D eigenvalue weighted by Gasteiger charge is 2.19. The third kappa shape index (κ3) is 2.39. The first-order valence-corrected chi connectivity index (χ1v) is 5.81. The van der Waals surface area contributed by atoms with Crippen molar-refractivity contribution < 1.29 is 0 Å². The molecule has 1 saturated heterocycles. The zero-order valence-corrected chi connectivity index (χ0v) is 9.66. The maximum Gasteiger partial charge on any atom is 0.0470 e. The molecule has 0 aliphatic carbocycles. The molecule has 0 spiro atoms. The highest BCUT2D eigenvalue weighted by Crippen LogP contribution is 2.20. The van der Waals surface area contributed by atoms with Gasteiger partial charge in [-0.3, -0.25) is 4.90 Å². The van der Waals surface area contributed by atoms with Crippen LogP contribution in [0.5, 0.6) is 0 Å². The van der Waals surface area contributed by atoms with Crippen molar-refractivity contribution in [2.24, 2.45) is 0 Å². The van der Waals surface area contributed by atoms with E-state index in [1.807, 2.05) is 0 Å². The Morgan fingerprint density at radius 3 is 2.67 bits per heavy atom. The van der Waals surface area contributed by atoms with E-state index in [2.05, 4.69) is 48.5 Å². The Hall–Kier alpha value is -0.860. The number of hydrogen-bond donors (Lipinski definition) is 1. The molecule has 82 valence electrons. The van der Waals surface area contributed by atoms with Gasteiger partial charge in [-0.2, -0.15) is 0 Å². The minimum absolute atomic E-state index is 0.546. The molecule has 1 heterocycles. The van der Waals surface area contributed by atoms with Crippen molar-refractivity contribution in [2.75, 3.05) is 26.7 Å². The van der Waals surface area contributed by atoms with Gasteiger partial charge in [0.2, 0.25) is 0 Å². The molecule has 0 radical (unpaired) electrons. The van der Waals surface area contributed by atoms with Crippen LogP contribution in [0.15, 0.2) is 24.3 Å². The van der Waals surface area contributed by atoms with E-state index in [-0.39, 0.29) is 0 Å². The molecule has 1 aliphatic rings. The van der Waals surface area contributed by atoms with E-state index < -0.39 is 0 Å². The van der Waals surface area contributed by atoms with Crippen LogP contribution in [0.1, 0.15) is 24.1 Å². The van der Waals surface area contributed by atoms with Crippen molar-refractivity contribution in [3.05, 3.63) is 35.4 Å². The third-order valence-corrected chi connectivity index (χ3v) is 3.28. The van der Waals surface area contributed by atoms with Gasteiger partial charge in [-0.15, -0.1) is 0 Å². The monoisotopic (exact) mass is 204 g/mol. The minimum atomic E-state index is 0.546. The Morgan fingerprint density at radius 1 is 1.33 bits per heavy atom. The van der Waals surface area contributed by atoms with E-state index in [4.69, 9.17) is 0 Å². The Labute approximate surface area is 92.3 Å². The SMILES string of the molecule is CCc1ccc(C2CNCCN2C)cc1. The quantitative estimate of drug-likeness (QED) is 0.790. The Kier molecular flexibility index (Phi) is 3.39. The van der Waals surface area contributed by atoms with E-state index in [1.54, 1.807) is 0 Å². The molecule has 0 aromatic heterocycles. The van der Waals surface area contributed by atoms with E-state index in [9.17, 15) is 0 Å². The number of likely N-dealkylation sites (N-methyl/N-ethyl adjacent to an activating group) is 1. The molecule has 1 aromatic carbocycles. The minimum Gasteiger partial charge on any atom is -0.314 e. The standard InChI is InChI=1S/C13H20N2/c1-3-11-4-6-12(7-5-11)13-10-14-8-9-15(13)2/h4-7,13-14H,3,8-10H2,1-2H3. The molecule has 1 atom stereocenters. The summed E-state index contributed by atoms with van der Waals surface area (Å²) in [5.41, 5.74) is 2.85. The van der Waals surface area contributed by atoms with Gasteiger partial charge < -0.3 is 5.32 Å². The third-order valence-electron chi connectivity index (χ3n) is 3.28. The van der Waals surface area contributed by atoms with E-state index in [1.165, 1.54) is 11.1 Å². The summed E-state index contributed by atoms with van der Waals surface area (Å²) in [6, 6.07) is 9.58. The summed E-state index contributed by atoms with van der Waals surface area (Å²) in [7, 11) is 2.21. The fourth-order valence-electron chi connectivity index (χ4n) is 2.15. The molecule has 1 aliphatic heterocycles. The predicted octanol–water partition coefficient (Wildman–Crippen LogP) is 1.83. The number of rotatable bonds is 2. The van der Waals surface area contributed by atoms with E-state index >= 15 is 0 Å². The normalized spacial score (nSPS) is 22.9. The van der Waals surface area contributed by atoms with Crippen molar-refractivity contribution in [1.29, 1.82) is 0 Å². The molecule has 1 N–H and O–H groups in total. The summed E-state index contributed by atoms with van der Waals surface area (Å²) in [6.07, 6.45) is 1.12. The van der Waals surface area contributed by atoms with E-state index in [0.717, 1.165) is 26.1 Å². The highest BCUT2D eigenvalue weighted by atomic mass is 15.2. The van der Waals surface area contributed by atoms with E-state index in [0.29, 0.717) is 6.04 Å². The molecule has 0 amide bonds. The lowest BCUT2D eigenvalue weighted by molar-refractivity contribution is 0.202. The second kappa shape index (κ2) is 4.77. The van der Waals surface area contributed by atoms with Crippen molar-refractivity contribution in [3.8, 4) is 0 Å². The molecule has 1 unspecified atom stereocenters. The van der Waals surface area contributed by atoms with Gasteiger partial charge in [-0.05, 0) is 24.6 Å². The first-order chi connectivity index (χ1) is 7.31. The molecule has 0 saturated carbocycles. The van der Waals surface area contributed by atoms with Crippen LogP contribution in [-0.4, -0.2) is 31.6 Å². The first-order valence-electron chi connectivity index (χ1n) is 5.81. The molecular formula is C13H20N2. The molecule has 1 fully saturated rings. The van der Waals surface area contributed by atoms with Gasteiger partial charge in [0.25, 0.3) is 0 Å². The molecule has 2 rings (SSSR count). The number of hydrogen-bond acceptors (Lipinski definition) is 2.